The van der Waals surface area contributed by atoms with Crippen LogP contribution in [0.4, 0.5) is 10.2 Å². The van der Waals surface area contributed by atoms with Crippen LogP contribution in [0, 0.1) is 11.7 Å². The standard InChI is InChI=1S/C17H13BrFN3O/c18-11-3-6-13-7-16(21-22(13)9-11)20-17(23)15-8-14(15)10-1-4-12(19)5-2-10/h1-7,9,14-15H,8H2,(H,20,21,23). The van der Waals surface area contributed by atoms with Crippen molar-refractivity contribution in [1.82, 2.24) is 9.61 Å². The third-order valence-electron chi connectivity index (χ3n) is 4.10. The number of carbonyl (C=O) groups is 1. The lowest BCUT2D eigenvalue weighted by molar-refractivity contribution is -0.117. The van der Waals surface area contributed by atoms with Gasteiger partial charge >= 0.3 is 0 Å². The van der Waals surface area contributed by atoms with Gasteiger partial charge in [0.2, 0.25) is 5.91 Å². The molecular formula is C17H13BrFN3O. The fourth-order valence-corrected chi connectivity index (χ4v) is 3.13. The van der Waals surface area contributed by atoms with Gasteiger partial charge in [-0.2, -0.15) is 0 Å². The molecule has 2 atom stereocenters. The van der Waals surface area contributed by atoms with Gasteiger partial charge in [-0.25, -0.2) is 8.91 Å². The first-order valence-corrected chi connectivity index (χ1v) is 8.11. The molecule has 1 aliphatic carbocycles. The van der Waals surface area contributed by atoms with Crippen molar-refractivity contribution >= 4 is 33.2 Å². The Morgan fingerprint density at radius 2 is 2.04 bits per heavy atom. The Morgan fingerprint density at radius 1 is 1.26 bits per heavy atom. The van der Waals surface area contributed by atoms with Crippen LogP contribution in [0.2, 0.25) is 0 Å². The van der Waals surface area contributed by atoms with Crippen molar-refractivity contribution in [2.24, 2.45) is 5.92 Å². The van der Waals surface area contributed by atoms with Crippen molar-refractivity contribution in [2.75, 3.05) is 5.32 Å². The zero-order chi connectivity index (χ0) is 16.0. The van der Waals surface area contributed by atoms with Gasteiger partial charge in [-0.05, 0) is 58.1 Å². The van der Waals surface area contributed by atoms with E-state index in [1.807, 2.05) is 24.4 Å². The molecule has 1 N–H and O–H groups in total. The number of pyridine rings is 1. The molecule has 0 saturated heterocycles. The monoisotopic (exact) mass is 373 g/mol. The Kier molecular flexibility index (Phi) is 3.41. The summed E-state index contributed by atoms with van der Waals surface area (Å²) in [5.41, 5.74) is 1.92. The van der Waals surface area contributed by atoms with Crippen LogP contribution in [-0.4, -0.2) is 15.5 Å². The molecule has 2 aromatic heterocycles. The van der Waals surface area contributed by atoms with E-state index in [0.717, 1.165) is 22.0 Å². The van der Waals surface area contributed by atoms with Crippen LogP contribution in [0.25, 0.3) is 5.52 Å². The molecule has 0 radical (unpaired) electrons. The summed E-state index contributed by atoms with van der Waals surface area (Å²) in [4.78, 5) is 12.3. The Morgan fingerprint density at radius 3 is 2.83 bits per heavy atom. The average Bonchev–Trinajstić information content (AvgIpc) is 3.23. The molecule has 6 heteroatoms. The normalized spacial score (nSPS) is 19.7. The lowest BCUT2D eigenvalue weighted by Crippen LogP contribution is -2.15. The number of hydrogen-bond donors (Lipinski definition) is 1. The summed E-state index contributed by atoms with van der Waals surface area (Å²) in [5, 5.41) is 7.20. The number of hydrogen-bond acceptors (Lipinski definition) is 2. The van der Waals surface area contributed by atoms with E-state index >= 15 is 0 Å². The van der Waals surface area contributed by atoms with E-state index in [1.165, 1.54) is 12.1 Å². The van der Waals surface area contributed by atoms with Gasteiger partial charge in [0.15, 0.2) is 5.82 Å². The molecule has 1 aromatic carbocycles. The zero-order valence-corrected chi connectivity index (χ0v) is 13.6. The van der Waals surface area contributed by atoms with E-state index in [2.05, 4.69) is 26.3 Å². The molecule has 0 spiro atoms. The summed E-state index contributed by atoms with van der Waals surface area (Å²) in [6.07, 6.45) is 2.62. The van der Waals surface area contributed by atoms with Crippen LogP contribution in [0.3, 0.4) is 0 Å². The predicted octanol–water partition coefficient (Wildman–Crippen LogP) is 3.98. The van der Waals surface area contributed by atoms with Crippen molar-refractivity contribution in [1.29, 1.82) is 0 Å². The summed E-state index contributed by atoms with van der Waals surface area (Å²) in [7, 11) is 0. The molecular weight excluding hydrogens is 361 g/mol. The van der Waals surface area contributed by atoms with Crippen molar-refractivity contribution in [2.45, 2.75) is 12.3 Å². The van der Waals surface area contributed by atoms with Gasteiger partial charge in [0.05, 0.1) is 5.52 Å². The topological polar surface area (TPSA) is 46.4 Å². The minimum Gasteiger partial charge on any atom is -0.309 e. The van der Waals surface area contributed by atoms with E-state index in [9.17, 15) is 9.18 Å². The number of carbonyl (C=O) groups excluding carboxylic acids is 1. The summed E-state index contributed by atoms with van der Waals surface area (Å²) in [5.74, 6) is 0.338. The number of benzene rings is 1. The molecule has 1 saturated carbocycles. The summed E-state index contributed by atoms with van der Waals surface area (Å²) < 4.78 is 15.6. The second-order valence-electron chi connectivity index (χ2n) is 5.74. The number of fused-ring (bicyclic) bond motifs is 1. The molecule has 4 nitrogen and oxygen atoms in total. The SMILES string of the molecule is O=C(Nc1cc2ccc(Br)cn2n1)C1CC1c1ccc(F)cc1. The minimum absolute atomic E-state index is 0.0400. The maximum atomic E-state index is 13.0. The van der Waals surface area contributed by atoms with Crippen LogP contribution in [0.1, 0.15) is 17.9 Å². The minimum atomic E-state index is -0.258. The largest absolute Gasteiger partial charge is 0.309 e. The highest BCUT2D eigenvalue weighted by Gasteiger charge is 2.44. The van der Waals surface area contributed by atoms with E-state index < -0.39 is 0 Å². The highest BCUT2D eigenvalue weighted by molar-refractivity contribution is 9.10. The first kappa shape index (κ1) is 14.4. The molecule has 1 fully saturated rings. The third kappa shape index (κ3) is 2.86. The van der Waals surface area contributed by atoms with Crippen LogP contribution < -0.4 is 5.32 Å². The number of nitrogens with zero attached hydrogens (tertiary/aromatic N) is 2. The molecule has 1 amide bonds. The number of aromatic nitrogens is 2. The Labute approximate surface area is 140 Å². The van der Waals surface area contributed by atoms with Crippen LogP contribution in [0.15, 0.2) is 53.1 Å². The Hall–Kier alpha value is -2.21. The van der Waals surface area contributed by atoms with Crippen LogP contribution >= 0.6 is 15.9 Å². The summed E-state index contributed by atoms with van der Waals surface area (Å²) >= 11 is 3.39. The molecule has 0 aliphatic heterocycles. The van der Waals surface area contributed by atoms with Gasteiger partial charge < -0.3 is 5.32 Å². The number of rotatable bonds is 3. The molecule has 2 unspecified atom stereocenters. The van der Waals surface area contributed by atoms with Gasteiger partial charge in [-0.3, -0.25) is 4.79 Å². The number of amides is 1. The second kappa shape index (κ2) is 5.45. The number of anilines is 1. The quantitative estimate of drug-likeness (QED) is 0.754. The molecule has 3 aromatic rings. The molecule has 23 heavy (non-hydrogen) atoms. The van der Waals surface area contributed by atoms with Crippen LogP contribution in [-0.2, 0) is 4.79 Å². The van der Waals surface area contributed by atoms with Crippen molar-refractivity contribution < 1.29 is 9.18 Å². The van der Waals surface area contributed by atoms with Crippen molar-refractivity contribution in [3.05, 3.63) is 64.5 Å². The highest BCUT2D eigenvalue weighted by atomic mass is 79.9. The van der Waals surface area contributed by atoms with E-state index in [4.69, 9.17) is 0 Å². The number of nitrogens with one attached hydrogen (secondary N) is 1. The molecule has 4 rings (SSSR count). The Balaban J connectivity index is 1.46. The van der Waals surface area contributed by atoms with Crippen molar-refractivity contribution in [3.63, 3.8) is 0 Å². The summed E-state index contributed by atoms with van der Waals surface area (Å²) in [6.45, 7) is 0. The van der Waals surface area contributed by atoms with E-state index in [-0.39, 0.29) is 23.6 Å². The first-order chi connectivity index (χ1) is 11.1. The maximum Gasteiger partial charge on any atom is 0.229 e. The van der Waals surface area contributed by atoms with Crippen molar-refractivity contribution in [3.8, 4) is 0 Å². The smallest absolute Gasteiger partial charge is 0.229 e. The second-order valence-corrected chi connectivity index (χ2v) is 6.65. The lowest BCUT2D eigenvalue weighted by Gasteiger charge is -2.02. The number of halogens is 2. The van der Waals surface area contributed by atoms with Gasteiger partial charge in [-0.15, -0.1) is 5.10 Å². The van der Waals surface area contributed by atoms with Gasteiger partial charge in [0, 0.05) is 22.7 Å². The van der Waals surface area contributed by atoms with Gasteiger partial charge in [0.25, 0.3) is 0 Å². The van der Waals surface area contributed by atoms with Gasteiger partial charge in [-0.1, -0.05) is 12.1 Å². The Bertz CT molecular complexity index is 890. The zero-order valence-electron chi connectivity index (χ0n) is 12.0. The van der Waals surface area contributed by atoms with E-state index in [1.54, 1.807) is 16.6 Å². The lowest BCUT2D eigenvalue weighted by atomic mass is 10.1. The molecule has 0 bridgehead atoms. The maximum absolute atomic E-state index is 13.0. The molecule has 2 heterocycles. The fraction of sp³-hybridized carbons (Fsp3) is 0.176. The van der Waals surface area contributed by atoms with E-state index in [0.29, 0.717) is 5.82 Å². The predicted molar refractivity (Wildman–Crippen MR) is 88.8 cm³/mol. The first-order valence-electron chi connectivity index (χ1n) is 7.31. The third-order valence-corrected chi connectivity index (χ3v) is 4.57. The summed E-state index contributed by atoms with van der Waals surface area (Å²) in [6, 6.07) is 12.0. The average molecular weight is 374 g/mol. The highest BCUT2D eigenvalue weighted by Crippen LogP contribution is 2.47. The molecule has 1 aliphatic rings. The fourth-order valence-electron chi connectivity index (χ4n) is 2.80. The van der Waals surface area contributed by atoms with Crippen LogP contribution in [0.5, 0.6) is 0 Å². The van der Waals surface area contributed by atoms with Gasteiger partial charge in [0.1, 0.15) is 5.82 Å². The molecule has 116 valence electrons.